The number of ether oxygens (including phenoxy) is 3. The van der Waals surface area contributed by atoms with Crippen LogP contribution in [0.1, 0.15) is 24.8 Å². The van der Waals surface area contributed by atoms with E-state index in [-0.39, 0.29) is 6.79 Å². The molecule has 0 spiro atoms. The Balaban J connectivity index is 1.16. The second-order valence-corrected chi connectivity index (χ2v) is 9.47. The molecule has 0 unspecified atom stereocenters. The first-order valence-electron chi connectivity index (χ1n) is 12.2. The number of unbranched alkanes of at least 4 members (excludes halogenated alkanes) is 1. The topological polar surface area (TPSA) is 63.6 Å². The first kappa shape index (κ1) is 26.3. The average molecular weight is 532 g/mol. The van der Waals surface area contributed by atoms with Crippen LogP contribution in [0, 0.1) is 0 Å². The van der Waals surface area contributed by atoms with Crippen molar-refractivity contribution < 1.29 is 19.0 Å². The Morgan fingerprint density at radius 3 is 2.69 bits per heavy atom. The molecule has 0 radical (unpaired) electrons. The maximum atomic E-state index is 11.1. The molecule has 0 aliphatic carbocycles. The van der Waals surface area contributed by atoms with Crippen LogP contribution >= 0.6 is 23.2 Å². The van der Waals surface area contributed by atoms with Crippen molar-refractivity contribution in [3.63, 3.8) is 0 Å². The van der Waals surface area contributed by atoms with E-state index in [0.29, 0.717) is 29.0 Å². The van der Waals surface area contributed by atoms with E-state index in [9.17, 15) is 4.79 Å². The molecule has 2 aromatic rings. The number of rotatable bonds is 10. The van der Waals surface area contributed by atoms with Gasteiger partial charge in [-0.1, -0.05) is 41.9 Å². The summed E-state index contributed by atoms with van der Waals surface area (Å²) in [4.78, 5) is 20.5. The number of halogens is 2. The average Bonchev–Trinajstić information content (AvgIpc) is 2.90. The van der Waals surface area contributed by atoms with Crippen molar-refractivity contribution >= 4 is 46.4 Å². The number of nitrogens with zero attached hydrogens (tertiary/aromatic N) is 3. The van der Waals surface area contributed by atoms with Crippen LogP contribution in [0.25, 0.3) is 0 Å². The van der Waals surface area contributed by atoms with Gasteiger partial charge in [-0.2, -0.15) is 0 Å². The third kappa shape index (κ3) is 7.15. The molecule has 9 heteroatoms. The van der Waals surface area contributed by atoms with E-state index >= 15 is 0 Å². The first-order valence-corrected chi connectivity index (χ1v) is 13.0. The minimum Gasteiger partial charge on any atom is -0.494 e. The monoisotopic (exact) mass is 531 g/mol. The maximum Gasteiger partial charge on any atom is 0.333 e. The molecule has 2 aliphatic rings. The zero-order valence-corrected chi connectivity index (χ0v) is 21.8. The van der Waals surface area contributed by atoms with Gasteiger partial charge in [-0.15, -0.1) is 0 Å². The van der Waals surface area contributed by atoms with E-state index in [0.717, 1.165) is 80.8 Å². The molecule has 1 fully saturated rings. The molecule has 36 heavy (non-hydrogen) atoms. The summed E-state index contributed by atoms with van der Waals surface area (Å²) in [7, 11) is 0. The van der Waals surface area contributed by atoms with E-state index in [4.69, 9.17) is 37.4 Å². The standard InChI is InChI=1S/C27H31Cl2N3O4/c1-2-26(33)36-19-35-25-11-9-20-8-10-21(18-23(20)30-25)34-17-4-3-12-31-13-15-32(16-14-31)24-7-5-6-22(28)27(24)29/h2,5-8,10,18H,1,3-4,9,11-17,19H2. The van der Waals surface area contributed by atoms with E-state index in [2.05, 4.69) is 21.4 Å². The Hall–Kier alpha value is -2.74. The predicted molar refractivity (Wildman–Crippen MR) is 144 cm³/mol. The number of hydrogen-bond donors (Lipinski definition) is 0. The number of carbonyl (C=O) groups is 1. The molecular formula is C27H31Cl2N3O4. The highest BCUT2D eigenvalue weighted by Gasteiger charge is 2.19. The Morgan fingerprint density at radius 2 is 1.89 bits per heavy atom. The van der Waals surface area contributed by atoms with Crippen molar-refractivity contribution in [3.05, 3.63) is 64.7 Å². The summed E-state index contributed by atoms with van der Waals surface area (Å²) >= 11 is 12.5. The summed E-state index contributed by atoms with van der Waals surface area (Å²) in [6.45, 7) is 8.78. The van der Waals surface area contributed by atoms with Crippen LogP contribution < -0.4 is 9.64 Å². The normalized spacial score (nSPS) is 15.6. The zero-order chi connectivity index (χ0) is 25.3. The summed E-state index contributed by atoms with van der Waals surface area (Å²) in [6, 6.07) is 11.8. The molecule has 2 aromatic carbocycles. The van der Waals surface area contributed by atoms with Crippen molar-refractivity contribution in [2.75, 3.05) is 51.0 Å². The lowest BCUT2D eigenvalue weighted by Gasteiger charge is -2.36. The molecule has 0 bridgehead atoms. The molecule has 7 nitrogen and oxygen atoms in total. The highest BCUT2D eigenvalue weighted by Crippen LogP contribution is 2.33. The quantitative estimate of drug-likeness (QED) is 0.171. The largest absolute Gasteiger partial charge is 0.494 e. The van der Waals surface area contributed by atoms with Gasteiger partial charge in [0.25, 0.3) is 0 Å². The minimum absolute atomic E-state index is 0.168. The van der Waals surface area contributed by atoms with Crippen LogP contribution in [-0.2, 0) is 20.7 Å². The summed E-state index contributed by atoms with van der Waals surface area (Å²) in [5, 5.41) is 1.23. The number of aliphatic imine (C=N–C) groups is 1. The number of aryl methyl sites for hydroxylation is 1. The van der Waals surface area contributed by atoms with Crippen LogP contribution in [-0.4, -0.2) is 62.9 Å². The highest BCUT2D eigenvalue weighted by molar-refractivity contribution is 6.43. The molecule has 0 N–H and O–H groups in total. The van der Waals surface area contributed by atoms with Crippen LogP contribution in [0.3, 0.4) is 0 Å². The van der Waals surface area contributed by atoms with Crippen LogP contribution in [0.2, 0.25) is 10.0 Å². The van der Waals surface area contributed by atoms with Crippen molar-refractivity contribution in [1.82, 2.24) is 4.90 Å². The third-order valence-electron chi connectivity index (χ3n) is 6.29. The van der Waals surface area contributed by atoms with Gasteiger partial charge in [0.05, 0.1) is 28.0 Å². The van der Waals surface area contributed by atoms with Gasteiger partial charge in [0.15, 0.2) is 5.90 Å². The molecule has 4 rings (SSSR count). The van der Waals surface area contributed by atoms with Crippen LogP contribution in [0.5, 0.6) is 5.75 Å². The number of carbonyl (C=O) groups excluding carboxylic acids is 1. The van der Waals surface area contributed by atoms with E-state index in [1.165, 1.54) is 0 Å². The molecule has 0 aromatic heterocycles. The lowest BCUT2D eigenvalue weighted by atomic mass is 10.0. The number of esters is 1. The van der Waals surface area contributed by atoms with Crippen molar-refractivity contribution in [2.45, 2.75) is 25.7 Å². The first-order chi connectivity index (χ1) is 17.5. The summed E-state index contributed by atoms with van der Waals surface area (Å²) in [6.07, 6.45) is 4.63. The van der Waals surface area contributed by atoms with Crippen molar-refractivity contribution in [2.24, 2.45) is 4.99 Å². The molecular weight excluding hydrogens is 501 g/mol. The fraction of sp³-hybridized carbons (Fsp3) is 0.407. The minimum atomic E-state index is -0.521. The smallest absolute Gasteiger partial charge is 0.333 e. The molecule has 0 saturated carbocycles. The van der Waals surface area contributed by atoms with Gasteiger partial charge in [0, 0.05) is 44.7 Å². The number of hydrogen-bond acceptors (Lipinski definition) is 7. The van der Waals surface area contributed by atoms with Gasteiger partial charge in [-0.3, -0.25) is 4.90 Å². The summed E-state index contributed by atoms with van der Waals surface area (Å²) < 4.78 is 16.3. The SMILES string of the molecule is C=CC(=O)OCOC1=Nc2cc(OCCCCN3CCN(c4cccc(Cl)c4Cl)CC3)ccc2CC1. The van der Waals surface area contributed by atoms with Gasteiger partial charge in [-0.05, 0) is 49.6 Å². The fourth-order valence-corrected chi connectivity index (χ4v) is 4.69. The molecule has 2 aliphatic heterocycles. The predicted octanol–water partition coefficient (Wildman–Crippen LogP) is 5.65. The molecule has 0 amide bonds. The van der Waals surface area contributed by atoms with Gasteiger partial charge < -0.3 is 19.1 Å². The maximum absolute atomic E-state index is 11.1. The number of anilines is 1. The second-order valence-electron chi connectivity index (χ2n) is 8.68. The van der Waals surface area contributed by atoms with Gasteiger partial charge in [0.1, 0.15) is 5.75 Å². The molecule has 0 atom stereocenters. The van der Waals surface area contributed by atoms with E-state index in [1.807, 2.05) is 36.4 Å². The Morgan fingerprint density at radius 1 is 1.06 bits per heavy atom. The number of fused-ring (bicyclic) bond motifs is 1. The van der Waals surface area contributed by atoms with Gasteiger partial charge in [-0.25, -0.2) is 9.79 Å². The lowest BCUT2D eigenvalue weighted by Crippen LogP contribution is -2.46. The summed E-state index contributed by atoms with van der Waals surface area (Å²) in [5.74, 6) is 0.824. The zero-order valence-electron chi connectivity index (χ0n) is 20.3. The van der Waals surface area contributed by atoms with Crippen LogP contribution in [0.4, 0.5) is 11.4 Å². The second kappa shape index (κ2) is 13.0. The Labute approximate surface area is 222 Å². The molecule has 1 saturated heterocycles. The molecule has 2 heterocycles. The summed E-state index contributed by atoms with van der Waals surface area (Å²) in [5.41, 5.74) is 3.00. The van der Waals surface area contributed by atoms with E-state index in [1.54, 1.807) is 0 Å². The van der Waals surface area contributed by atoms with Gasteiger partial charge >= 0.3 is 5.97 Å². The van der Waals surface area contributed by atoms with Crippen molar-refractivity contribution in [1.29, 1.82) is 0 Å². The van der Waals surface area contributed by atoms with Crippen LogP contribution in [0.15, 0.2) is 54.0 Å². The Bertz CT molecular complexity index is 1100. The lowest BCUT2D eigenvalue weighted by molar-refractivity contribution is -0.144. The highest BCUT2D eigenvalue weighted by atomic mass is 35.5. The Kier molecular flexibility index (Phi) is 9.50. The van der Waals surface area contributed by atoms with Gasteiger partial charge in [0.2, 0.25) is 6.79 Å². The fourth-order valence-electron chi connectivity index (χ4n) is 4.28. The molecule has 192 valence electrons. The van der Waals surface area contributed by atoms with Crippen molar-refractivity contribution in [3.8, 4) is 5.75 Å². The third-order valence-corrected chi connectivity index (χ3v) is 7.09. The van der Waals surface area contributed by atoms with E-state index < -0.39 is 5.97 Å². The number of benzene rings is 2. The number of piperazine rings is 1.